The normalized spacial score (nSPS) is 17.3. The average molecular weight is 341 g/mol. The zero-order chi connectivity index (χ0) is 17.9. The smallest absolute Gasteiger partial charge is 0.120 e. The molecule has 0 bridgehead atoms. The summed E-state index contributed by atoms with van der Waals surface area (Å²) in [5.41, 5.74) is 4.59. The van der Waals surface area contributed by atoms with Gasteiger partial charge in [0.05, 0.1) is 6.04 Å². The largest absolute Gasteiger partial charge is 0.510 e. The number of anilines is 1. The predicted molar refractivity (Wildman–Crippen MR) is 108 cm³/mol. The molecule has 1 unspecified atom stereocenters. The molecule has 1 N–H and O–H groups in total. The minimum absolute atomic E-state index is 0.179. The molecule has 2 nitrogen and oxygen atoms in total. The number of fused-ring (bicyclic) bond motifs is 1. The molecule has 0 fully saturated rings. The van der Waals surface area contributed by atoms with Gasteiger partial charge in [-0.2, -0.15) is 0 Å². The molecule has 0 aliphatic carbocycles. The van der Waals surface area contributed by atoms with Crippen molar-refractivity contribution in [2.75, 3.05) is 4.90 Å². The molecule has 0 saturated carbocycles. The third kappa shape index (κ3) is 2.88. The quantitative estimate of drug-likeness (QED) is 0.602. The highest BCUT2D eigenvalue weighted by Crippen LogP contribution is 2.45. The fourth-order valence-electron chi connectivity index (χ4n) is 3.95. The first kappa shape index (κ1) is 16.5. The van der Waals surface area contributed by atoms with Crippen LogP contribution in [0, 0.1) is 0 Å². The van der Waals surface area contributed by atoms with E-state index in [1.165, 1.54) is 5.56 Å². The predicted octanol–water partition coefficient (Wildman–Crippen LogP) is 6.30. The molecule has 1 heterocycles. The Balaban J connectivity index is 1.90. The fraction of sp³-hybridized carbons (Fsp3) is 0.167. The average Bonchev–Trinajstić information content (AvgIpc) is 2.70. The van der Waals surface area contributed by atoms with Crippen molar-refractivity contribution in [3.05, 3.63) is 107 Å². The summed E-state index contributed by atoms with van der Waals surface area (Å²) in [6.07, 6.45) is 2.86. The topological polar surface area (TPSA) is 23.5 Å². The van der Waals surface area contributed by atoms with Gasteiger partial charge >= 0.3 is 0 Å². The van der Waals surface area contributed by atoms with Gasteiger partial charge in [-0.05, 0) is 29.7 Å². The van der Waals surface area contributed by atoms with E-state index in [0.717, 1.165) is 23.2 Å². The van der Waals surface area contributed by atoms with Crippen LogP contribution in [0.4, 0.5) is 5.69 Å². The van der Waals surface area contributed by atoms with Crippen LogP contribution in [0.15, 0.2) is 90.7 Å². The Morgan fingerprint density at radius 1 is 0.846 bits per heavy atom. The lowest BCUT2D eigenvalue weighted by Gasteiger charge is -2.43. The van der Waals surface area contributed by atoms with Gasteiger partial charge in [0.15, 0.2) is 0 Å². The van der Waals surface area contributed by atoms with Crippen molar-refractivity contribution in [2.45, 2.75) is 25.4 Å². The summed E-state index contributed by atoms with van der Waals surface area (Å²) in [4.78, 5) is 2.37. The maximum Gasteiger partial charge on any atom is 0.120 e. The fourth-order valence-corrected chi connectivity index (χ4v) is 3.95. The second-order valence-corrected chi connectivity index (χ2v) is 6.68. The Kier molecular flexibility index (Phi) is 4.49. The Morgan fingerprint density at radius 3 is 2.15 bits per heavy atom. The molecule has 0 radical (unpaired) electrons. The molecule has 1 aliphatic heterocycles. The van der Waals surface area contributed by atoms with Crippen LogP contribution in [0.5, 0.6) is 0 Å². The highest BCUT2D eigenvalue weighted by molar-refractivity contribution is 5.75. The first-order valence-electron chi connectivity index (χ1n) is 9.17. The molecule has 3 aromatic carbocycles. The Morgan fingerprint density at radius 2 is 1.46 bits per heavy atom. The highest BCUT2D eigenvalue weighted by Gasteiger charge is 2.34. The number of aliphatic hydroxyl groups is 1. The summed E-state index contributed by atoms with van der Waals surface area (Å²) < 4.78 is 0. The molecular formula is C24H23NO. The van der Waals surface area contributed by atoms with Crippen molar-refractivity contribution in [1.29, 1.82) is 0 Å². The van der Waals surface area contributed by atoms with Gasteiger partial charge in [-0.3, -0.25) is 0 Å². The number of hydrogen-bond donors (Lipinski definition) is 1. The summed E-state index contributed by atoms with van der Waals surface area (Å²) in [7, 11) is 0. The van der Waals surface area contributed by atoms with Gasteiger partial charge in [-0.15, -0.1) is 0 Å². The van der Waals surface area contributed by atoms with Crippen LogP contribution in [0.2, 0.25) is 0 Å². The van der Waals surface area contributed by atoms with Crippen molar-refractivity contribution in [2.24, 2.45) is 0 Å². The number of nitrogens with zero attached hydrogens (tertiary/aromatic N) is 1. The lowest BCUT2D eigenvalue weighted by Crippen LogP contribution is -2.36. The molecule has 130 valence electrons. The van der Waals surface area contributed by atoms with Gasteiger partial charge in [0.25, 0.3) is 0 Å². The van der Waals surface area contributed by atoms with Crippen LogP contribution in [0.3, 0.4) is 0 Å². The monoisotopic (exact) mass is 341 g/mol. The minimum atomic E-state index is -0.184. The van der Waals surface area contributed by atoms with Gasteiger partial charge in [0, 0.05) is 11.3 Å². The van der Waals surface area contributed by atoms with E-state index >= 15 is 0 Å². The number of aliphatic hydroxyl groups excluding tert-OH is 1. The van der Waals surface area contributed by atoms with Crippen LogP contribution in [0.1, 0.15) is 42.1 Å². The van der Waals surface area contributed by atoms with Crippen LogP contribution in [-0.2, 0) is 0 Å². The highest BCUT2D eigenvalue weighted by atomic mass is 16.3. The van der Waals surface area contributed by atoms with Crippen LogP contribution < -0.4 is 4.90 Å². The third-order valence-corrected chi connectivity index (χ3v) is 5.10. The number of benzene rings is 3. The Bertz CT molecular complexity index is 902. The molecular weight excluding hydrogens is 318 g/mol. The molecule has 0 aromatic heterocycles. The Hall–Kier alpha value is -3.00. The molecule has 4 rings (SSSR count). The second-order valence-electron chi connectivity index (χ2n) is 6.68. The maximum absolute atomic E-state index is 11.0. The number of para-hydroxylation sites is 1. The van der Waals surface area contributed by atoms with E-state index in [2.05, 4.69) is 66.4 Å². The van der Waals surface area contributed by atoms with Gasteiger partial charge in [-0.25, -0.2) is 0 Å². The SMILES string of the molecule is CCC(c1ccccc1)N1c2ccccc2C=C(O)[C@@H]1c1ccccc1. The minimum Gasteiger partial charge on any atom is -0.510 e. The third-order valence-electron chi connectivity index (χ3n) is 5.10. The summed E-state index contributed by atoms with van der Waals surface area (Å²) >= 11 is 0. The summed E-state index contributed by atoms with van der Waals surface area (Å²) in [5.74, 6) is 0.393. The standard InChI is InChI=1S/C24H23NO/c1-2-21(18-11-5-3-6-12-18)25-22-16-10-9-15-20(22)17-23(26)24(25)19-13-7-4-8-14-19/h3-17,21,24,26H,2H2,1H3/t21?,24-/m0/s1. The molecule has 3 aromatic rings. The summed E-state index contributed by atoms with van der Waals surface area (Å²) in [5, 5.41) is 11.0. The first-order valence-corrected chi connectivity index (χ1v) is 9.17. The number of hydrogen-bond acceptors (Lipinski definition) is 2. The van der Waals surface area contributed by atoms with E-state index in [1.54, 1.807) is 0 Å². The Labute approximate surface area is 155 Å². The van der Waals surface area contributed by atoms with E-state index in [9.17, 15) is 5.11 Å². The van der Waals surface area contributed by atoms with Gasteiger partial charge < -0.3 is 10.0 Å². The first-order chi connectivity index (χ1) is 12.8. The maximum atomic E-state index is 11.0. The number of rotatable bonds is 4. The van der Waals surface area contributed by atoms with Crippen LogP contribution in [0.25, 0.3) is 6.08 Å². The van der Waals surface area contributed by atoms with E-state index in [-0.39, 0.29) is 12.1 Å². The molecule has 0 spiro atoms. The summed E-state index contributed by atoms with van der Waals surface area (Å²) in [6, 6.07) is 29.1. The van der Waals surface area contributed by atoms with Crippen molar-refractivity contribution in [3.8, 4) is 0 Å². The van der Waals surface area contributed by atoms with Crippen molar-refractivity contribution in [1.82, 2.24) is 0 Å². The lowest BCUT2D eigenvalue weighted by molar-refractivity contribution is 0.351. The second kappa shape index (κ2) is 7.09. The lowest BCUT2D eigenvalue weighted by atomic mass is 9.91. The molecule has 0 amide bonds. The molecule has 26 heavy (non-hydrogen) atoms. The van der Waals surface area contributed by atoms with Gasteiger partial charge in [0.2, 0.25) is 0 Å². The van der Waals surface area contributed by atoms with Gasteiger partial charge in [-0.1, -0.05) is 85.8 Å². The van der Waals surface area contributed by atoms with Gasteiger partial charge in [0.1, 0.15) is 11.8 Å². The van der Waals surface area contributed by atoms with E-state index in [1.807, 2.05) is 36.4 Å². The molecule has 0 saturated heterocycles. The molecule has 1 aliphatic rings. The van der Waals surface area contributed by atoms with Crippen molar-refractivity contribution in [3.63, 3.8) is 0 Å². The van der Waals surface area contributed by atoms with E-state index < -0.39 is 0 Å². The van der Waals surface area contributed by atoms with E-state index in [4.69, 9.17) is 0 Å². The van der Waals surface area contributed by atoms with Crippen LogP contribution in [-0.4, -0.2) is 5.11 Å². The summed E-state index contributed by atoms with van der Waals surface area (Å²) in [6.45, 7) is 2.21. The molecule has 2 atom stereocenters. The van der Waals surface area contributed by atoms with Crippen molar-refractivity contribution >= 4 is 11.8 Å². The van der Waals surface area contributed by atoms with Crippen molar-refractivity contribution < 1.29 is 5.11 Å². The molecule has 2 heteroatoms. The zero-order valence-corrected chi connectivity index (χ0v) is 14.9. The zero-order valence-electron chi connectivity index (χ0n) is 14.9. The van der Waals surface area contributed by atoms with Crippen LogP contribution >= 0.6 is 0 Å². The van der Waals surface area contributed by atoms with E-state index in [0.29, 0.717) is 5.76 Å².